The fourth-order valence-electron chi connectivity index (χ4n) is 4.28. The maximum atomic E-state index is 13.3. The van der Waals surface area contributed by atoms with Gasteiger partial charge in [0.1, 0.15) is 17.5 Å². The maximum absolute atomic E-state index is 13.3. The van der Waals surface area contributed by atoms with Crippen molar-refractivity contribution in [1.29, 1.82) is 0 Å². The molecule has 9 nitrogen and oxygen atoms in total. The topological polar surface area (TPSA) is 131 Å². The second-order valence-electron chi connectivity index (χ2n) is 9.51. The Morgan fingerprint density at radius 2 is 1.74 bits per heavy atom. The van der Waals surface area contributed by atoms with Crippen LogP contribution in [0.25, 0.3) is 0 Å². The number of ether oxygens (including phenoxy) is 2. The Hall–Kier alpha value is -3.73. The molecule has 1 heterocycles. The van der Waals surface area contributed by atoms with Crippen molar-refractivity contribution in [2.45, 2.75) is 42.9 Å². The molecule has 3 N–H and O–H groups in total. The molecule has 0 fully saturated rings. The normalized spacial score (nSPS) is 18.1. The van der Waals surface area contributed by atoms with Gasteiger partial charge in [-0.15, -0.1) is 0 Å². The average molecular weight is 539 g/mol. The monoisotopic (exact) mass is 538 g/mol. The van der Waals surface area contributed by atoms with Gasteiger partial charge >= 0.3 is 5.97 Å². The molecule has 0 aromatic heterocycles. The summed E-state index contributed by atoms with van der Waals surface area (Å²) in [5, 5.41) is 14.0. The van der Waals surface area contributed by atoms with Crippen molar-refractivity contribution < 1.29 is 32.6 Å². The third kappa shape index (κ3) is 5.88. The van der Waals surface area contributed by atoms with Crippen molar-refractivity contribution in [3.63, 3.8) is 0 Å². The molecule has 2 atom stereocenters. The largest absolute Gasteiger partial charge is 0.485 e. The number of hydrogen-bond acceptors (Lipinski definition) is 7. The van der Waals surface area contributed by atoms with Crippen LogP contribution in [0, 0.1) is 0 Å². The van der Waals surface area contributed by atoms with Crippen molar-refractivity contribution in [3.8, 4) is 5.75 Å². The van der Waals surface area contributed by atoms with Crippen molar-refractivity contribution in [2.24, 2.45) is 0 Å². The first kappa shape index (κ1) is 27.3. The van der Waals surface area contributed by atoms with Crippen molar-refractivity contribution in [3.05, 3.63) is 95.1 Å². The molecule has 1 amide bonds. The minimum absolute atomic E-state index is 0.0677. The molecule has 38 heavy (non-hydrogen) atoms. The highest BCUT2D eigenvalue weighted by Crippen LogP contribution is 2.41. The average Bonchev–Trinajstić information content (AvgIpc) is 2.91. The van der Waals surface area contributed by atoms with Crippen molar-refractivity contribution in [2.75, 3.05) is 13.7 Å². The molecule has 1 aliphatic rings. The summed E-state index contributed by atoms with van der Waals surface area (Å²) in [7, 11) is -3.00. The number of aliphatic hydroxyl groups is 1. The maximum Gasteiger partial charge on any atom is 0.337 e. The van der Waals surface area contributed by atoms with Crippen LogP contribution < -0.4 is 14.8 Å². The molecule has 0 spiro atoms. The van der Waals surface area contributed by atoms with E-state index in [-0.39, 0.29) is 16.4 Å². The summed E-state index contributed by atoms with van der Waals surface area (Å²) in [6, 6.07) is 18.7. The third-order valence-electron chi connectivity index (χ3n) is 6.40. The number of carbonyl (C=O) groups excluding carboxylic acids is 2. The number of hydrogen-bond donors (Lipinski definition) is 3. The van der Waals surface area contributed by atoms with Gasteiger partial charge in [0, 0.05) is 17.7 Å². The van der Waals surface area contributed by atoms with Gasteiger partial charge in [-0.1, -0.05) is 36.4 Å². The molecular formula is C28H30N2O7S. The number of amides is 1. The van der Waals surface area contributed by atoms with Crippen LogP contribution in [0.1, 0.15) is 51.7 Å². The summed E-state index contributed by atoms with van der Waals surface area (Å²) in [5.41, 5.74) is 0.637. The number of nitrogens with one attached hydrogen (secondary N) is 2. The first-order chi connectivity index (χ1) is 18.0. The summed E-state index contributed by atoms with van der Waals surface area (Å²) >= 11 is 0. The predicted molar refractivity (Wildman–Crippen MR) is 140 cm³/mol. The van der Waals surface area contributed by atoms with E-state index in [9.17, 15) is 23.1 Å². The molecule has 4 rings (SSSR count). The van der Waals surface area contributed by atoms with E-state index in [0.717, 1.165) is 5.56 Å². The molecule has 10 heteroatoms. The molecule has 0 bridgehead atoms. The molecular weight excluding hydrogens is 508 g/mol. The Labute approximate surface area is 221 Å². The number of rotatable bonds is 8. The lowest BCUT2D eigenvalue weighted by Crippen LogP contribution is -2.53. The van der Waals surface area contributed by atoms with Crippen molar-refractivity contribution in [1.82, 2.24) is 10.0 Å². The molecule has 3 aromatic carbocycles. The lowest BCUT2D eigenvalue weighted by Gasteiger charge is -2.42. The number of aliphatic hydroxyl groups excluding tert-OH is 1. The fraction of sp³-hybridized carbons (Fsp3) is 0.286. The summed E-state index contributed by atoms with van der Waals surface area (Å²) in [4.78, 5) is 24.6. The third-order valence-corrected chi connectivity index (χ3v) is 7.84. The predicted octanol–water partition coefficient (Wildman–Crippen LogP) is 3.00. The van der Waals surface area contributed by atoms with Gasteiger partial charge in [-0.05, 0) is 62.2 Å². The Kier molecular flexibility index (Phi) is 7.86. The first-order valence-corrected chi connectivity index (χ1v) is 13.5. The Bertz CT molecular complexity index is 1440. The Morgan fingerprint density at radius 1 is 1.00 bits per heavy atom. The van der Waals surface area contributed by atoms with Gasteiger partial charge in [0.25, 0.3) is 5.91 Å². The van der Waals surface area contributed by atoms with E-state index in [1.807, 2.05) is 30.3 Å². The van der Waals surface area contributed by atoms with Crippen LogP contribution in [0.3, 0.4) is 0 Å². The lowest BCUT2D eigenvalue weighted by molar-refractivity contribution is -0.0603. The van der Waals surface area contributed by atoms with E-state index >= 15 is 0 Å². The van der Waals surface area contributed by atoms with Crippen LogP contribution in [-0.4, -0.2) is 50.8 Å². The quantitative estimate of drug-likeness (QED) is 0.376. The minimum Gasteiger partial charge on any atom is -0.485 e. The fourth-order valence-corrected chi connectivity index (χ4v) is 5.55. The number of esters is 1. The van der Waals surface area contributed by atoms with E-state index in [0.29, 0.717) is 29.8 Å². The van der Waals surface area contributed by atoms with E-state index < -0.39 is 33.7 Å². The van der Waals surface area contributed by atoms with Crippen LogP contribution >= 0.6 is 0 Å². The molecule has 3 aromatic rings. The van der Waals surface area contributed by atoms with Gasteiger partial charge in [-0.3, -0.25) is 4.79 Å². The van der Waals surface area contributed by atoms with Gasteiger partial charge < -0.3 is 19.9 Å². The summed E-state index contributed by atoms with van der Waals surface area (Å²) in [5.74, 6) is -0.671. The molecule has 1 aliphatic heterocycles. The first-order valence-electron chi connectivity index (χ1n) is 12.1. The number of sulfonamides is 1. The highest BCUT2D eigenvalue weighted by molar-refractivity contribution is 7.89. The zero-order chi connectivity index (χ0) is 27.5. The standard InChI is InChI=1S/C28H30N2O7S/c1-28(2)25(31)24(30-38(34,35)21-11-7-10-20(16-21)27(33)36-3)22-17-19(12-13-23(22)37-28)26(32)29-15-14-18-8-5-4-6-9-18/h4-13,16-17,24-25,30-31H,14-15H2,1-3H3,(H,29,32). The van der Waals surface area contributed by atoms with E-state index in [1.165, 1.54) is 37.4 Å². The highest BCUT2D eigenvalue weighted by Gasteiger charge is 2.45. The van der Waals surface area contributed by atoms with Crippen LogP contribution in [0.5, 0.6) is 5.75 Å². The molecule has 2 unspecified atom stereocenters. The number of carbonyl (C=O) groups is 2. The number of benzene rings is 3. The summed E-state index contributed by atoms with van der Waals surface area (Å²) in [6.45, 7) is 3.70. The number of methoxy groups -OCH3 is 1. The Morgan fingerprint density at radius 3 is 2.45 bits per heavy atom. The summed E-state index contributed by atoms with van der Waals surface area (Å²) in [6.07, 6.45) is -0.634. The van der Waals surface area contributed by atoms with Gasteiger partial charge in [0.2, 0.25) is 10.0 Å². The van der Waals surface area contributed by atoms with Crippen LogP contribution in [0.2, 0.25) is 0 Å². The smallest absolute Gasteiger partial charge is 0.337 e. The second kappa shape index (κ2) is 10.9. The summed E-state index contributed by atoms with van der Waals surface area (Å²) < 4.78 is 39.8. The SMILES string of the molecule is COC(=O)c1cccc(S(=O)(=O)NC2c3cc(C(=O)NCCc4ccccc4)ccc3OC(C)(C)C2O)c1. The molecule has 0 saturated carbocycles. The van der Waals surface area contributed by atoms with Gasteiger partial charge in [0.15, 0.2) is 0 Å². The molecule has 0 saturated heterocycles. The van der Waals surface area contributed by atoms with E-state index in [1.54, 1.807) is 26.0 Å². The molecule has 200 valence electrons. The highest BCUT2D eigenvalue weighted by atomic mass is 32.2. The molecule has 0 aliphatic carbocycles. The van der Waals surface area contributed by atoms with Crippen LogP contribution in [-0.2, 0) is 21.2 Å². The zero-order valence-electron chi connectivity index (χ0n) is 21.3. The minimum atomic E-state index is -4.20. The lowest BCUT2D eigenvalue weighted by atomic mass is 9.86. The second-order valence-corrected chi connectivity index (χ2v) is 11.2. The van der Waals surface area contributed by atoms with Crippen molar-refractivity contribution >= 4 is 21.9 Å². The number of fused-ring (bicyclic) bond motifs is 1. The Balaban J connectivity index is 1.60. The molecule has 0 radical (unpaired) electrons. The van der Waals surface area contributed by atoms with Gasteiger partial charge in [0.05, 0.1) is 23.6 Å². The van der Waals surface area contributed by atoms with Crippen LogP contribution in [0.4, 0.5) is 0 Å². The zero-order valence-corrected chi connectivity index (χ0v) is 22.1. The van der Waals surface area contributed by atoms with Crippen LogP contribution in [0.15, 0.2) is 77.7 Å². The van der Waals surface area contributed by atoms with Gasteiger partial charge in [-0.25, -0.2) is 17.9 Å². The van der Waals surface area contributed by atoms with E-state index in [2.05, 4.69) is 14.8 Å². The van der Waals surface area contributed by atoms with E-state index in [4.69, 9.17) is 4.74 Å². The van der Waals surface area contributed by atoms with Gasteiger partial charge in [-0.2, -0.15) is 0 Å².